The van der Waals surface area contributed by atoms with Gasteiger partial charge in [-0.1, -0.05) is 46.0 Å². The van der Waals surface area contributed by atoms with Crippen LogP contribution in [0.4, 0.5) is 0 Å². The molecule has 1 saturated heterocycles. The third kappa shape index (κ3) is 5.55. The zero-order valence-corrected chi connectivity index (χ0v) is 10.8. The topological polar surface area (TPSA) is 3.24 Å². The van der Waals surface area contributed by atoms with Crippen molar-refractivity contribution in [1.82, 2.24) is 4.90 Å². The number of hydrogen-bond donors (Lipinski definition) is 0. The lowest BCUT2D eigenvalue weighted by molar-refractivity contribution is 0.285. The molecule has 0 spiro atoms. The predicted molar refractivity (Wildman–Crippen MR) is 68.2 cm³/mol. The first-order valence-corrected chi connectivity index (χ1v) is 7.09. The molecule has 1 heteroatoms. The second kappa shape index (κ2) is 8.15. The molecule has 90 valence electrons. The van der Waals surface area contributed by atoms with E-state index in [1.165, 1.54) is 71.0 Å². The predicted octanol–water partition coefficient (Wildman–Crippen LogP) is 4.08. The second-order valence-electron chi connectivity index (χ2n) is 5.13. The van der Waals surface area contributed by atoms with Gasteiger partial charge in [0.2, 0.25) is 0 Å². The summed E-state index contributed by atoms with van der Waals surface area (Å²) < 4.78 is 0. The summed E-state index contributed by atoms with van der Waals surface area (Å²) in [5, 5.41) is 0. The van der Waals surface area contributed by atoms with Crippen LogP contribution in [0.5, 0.6) is 0 Å². The molecule has 1 atom stereocenters. The van der Waals surface area contributed by atoms with Crippen molar-refractivity contribution in [3.63, 3.8) is 0 Å². The fourth-order valence-electron chi connectivity index (χ4n) is 2.71. The van der Waals surface area contributed by atoms with Gasteiger partial charge in [-0.05, 0) is 44.8 Å². The highest BCUT2D eigenvalue weighted by molar-refractivity contribution is 4.68. The van der Waals surface area contributed by atoms with Crippen LogP contribution in [0.15, 0.2) is 0 Å². The van der Waals surface area contributed by atoms with Crippen molar-refractivity contribution in [3.05, 3.63) is 0 Å². The highest BCUT2D eigenvalue weighted by Crippen LogP contribution is 2.20. The van der Waals surface area contributed by atoms with Gasteiger partial charge in [0.1, 0.15) is 0 Å². The summed E-state index contributed by atoms with van der Waals surface area (Å²) in [6, 6.07) is 0. The van der Waals surface area contributed by atoms with Crippen LogP contribution in [-0.4, -0.2) is 24.5 Å². The third-order valence-corrected chi connectivity index (χ3v) is 3.72. The molecule has 15 heavy (non-hydrogen) atoms. The van der Waals surface area contributed by atoms with E-state index in [2.05, 4.69) is 18.7 Å². The molecule has 0 saturated carbocycles. The molecular weight excluding hydrogens is 182 g/mol. The zero-order valence-electron chi connectivity index (χ0n) is 10.8. The van der Waals surface area contributed by atoms with E-state index in [9.17, 15) is 0 Å². The van der Waals surface area contributed by atoms with E-state index in [0.717, 1.165) is 5.92 Å². The van der Waals surface area contributed by atoms with Crippen LogP contribution in [0.2, 0.25) is 0 Å². The summed E-state index contributed by atoms with van der Waals surface area (Å²) in [6.45, 7) is 8.74. The Kier molecular flexibility index (Phi) is 7.08. The molecule has 1 nitrogen and oxygen atoms in total. The van der Waals surface area contributed by atoms with Crippen LogP contribution < -0.4 is 0 Å². The van der Waals surface area contributed by atoms with Gasteiger partial charge in [0.15, 0.2) is 0 Å². The monoisotopic (exact) mass is 211 g/mol. The van der Waals surface area contributed by atoms with E-state index >= 15 is 0 Å². The molecule has 1 fully saturated rings. The van der Waals surface area contributed by atoms with Crippen molar-refractivity contribution in [2.24, 2.45) is 5.92 Å². The highest BCUT2D eigenvalue weighted by atomic mass is 15.1. The van der Waals surface area contributed by atoms with E-state index < -0.39 is 0 Å². The van der Waals surface area contributed by atoms with Gasteiger partial charge in [-0.2, -0.15) is 0 Å². The Morgan fingerprint density at radius 2 is 1.67 bits per heavy atom. The van der Waals surface area contributed by atoms with Gasteiger partial charge in [-0.15, -0.1) is 0 Å². The Balaban J connectivity index is 2.11. The fourth-order valence-corrected chi connectivity index (χ4v) is 2.71. The lowest BCUT2D eigenvalue weighted by Crippen LogP contribution is -2.22. The van der Waals surface area contributed by atoms with Gasteiger partial charge in [-0.25, -0.2) is 0 Å². The van der Waals surface area contributed by atoms with Crippen LogP contribution in [0, 0.1) is 5.92 Å². The molecule has 0 aromatic rings. The smallest absolute Gasteiger partial charge is 0.00161 e. The first kappa shape index (κ1) is 13.0. The van der Waals surface area contributed by atoms with Gasteiger partial charge >= 0.3 is 0 Å². The summed E-state index contributed by atoms with van der Waals surface area (Å²) in [4.78, 5) is 2.66. The quantitative estimate of drug-likeness (QED) is 0.585. The van der Waals surface area contributed by atoms with Gasteiger partial charge in [-0.3, -0.25) is 0 Å². The number of unbranched alkanes of at least 4 members (excludes halogenated alkanes) is 1. The van der Waals surface area contributed by atoms with E-state index in [4.69, 9.17) is 0 Å². The SMILES string of the molecule is CCCCC(CCC)CCN1CCCC1. The Hall–Kier alpha value is -0.0400. The molecule has 1 unspecified atom stereocenters. The minimum atomic E-state index is 1.01. The standard InChI is InChI=1S/C14H29N/c1-3-5-9-14(8-4-2)10-13-15-11-6-7-12-15/h14H,3-13H2,1-2H3. The van der Waals surface area contributed by atoms with Crippen molar-refractivity contribution in [2.75, 3.05) is 19.6 Å². The fraction of sp³-hybridized carbons (Fsp3) is 1.00. The number of nitrogens with zero attached hydrogens (tertiary/aromatic N) is 1. The van der Waals surface area contributed by atoms with Gasteiger partial charge in [0.25, 0.3) is 0 Å². The average molecular weight is 211 g/mol. The maximum atomic E-state index is 2.66. The molecule has 1 aliphatic heterocycles. The van der Waals surface area contributed by atoms with Crippen LogP contribution in [-0.2, 0) is 0 Å². The maximum absolute atomic E-state index is 2.66. The van der Waals surface area contributed by atoms with Crippen molar-refractivity contribution in [1.29, 1.82) is 0 Å². The van der Waals surface area contributed by atoms with Crippen molar-refractivity contribution >= 4 is 0 Å². The van der Waals surface area contributed by atoms with Crippen molar-refractivity contribution in [3.8, 4) is 0 Å². The molecule has 0 N–H and O–H groups in total. The van der Waals surface area contributed by atoms with E-state index in [-0.39, 0.29) is 0 Å². The van der Waals surface area contributed by atoms with Crippen LogP contribution >= 0.6 is 0 Å². The Morgan fingerprint density at radius 3 is 2.27 bits per heavy atom. The Labute approximate surface area is 96.2 Å². The molecule has 0 bridgehead atoms. The number of likely N-dealkylation sites (tertiary alicyclic amines) is 1. The molecule has 1 heterocycles. The van der Waals surface area contributed by atoms with E-state index in [1.807, 2.05) is 0 Å². The summed E-state index contributed by atoms with van der Waals surface area (Å²) in [7, 11) is 0. The normalized spacial score (nSPS) is 19.6. The molecule has 0 aromatic heterocycles. The summed E-state index contributed by atoms with van der Waals surface area (Å²) in [6.07, 6.45) is 11.4. The van der Waals surface area contributed by atoms with Crippen LogP contribution in [0.3, 0.4) is 0 Å². The minimum Gasteiger partial charge on any atom is -0.303 e. The average Bonchev–Trinajstić information content (AvgIpc) is 2.75. The van der Waals surface area contributed by atoms with Crippen molar-refractivity contribution < 1.29 is 0 Å². The lowest BCUT2D eigenvalue weighted by Gasteiger charge is -2.20. The number of rotatable bonds is 8. The molecule has 0 radical (unpaired) electrons. The number of hydrogen-bond acceptors (Lipinski definition) is 1. The van der Waals surface area contributed by atoms with Gasteiger partial charge < -0.3 is 4.90 Å². The molecule has 0 aliphatic carbocycles. The van der Waals surface area contributed by atoms with E-state index in [0.29, 0.717) is 0 Å². The summed E-state index contributed by atoms with van der Waals surface area (Å²) in [5.41, 5.74) is 0. The Bertz CT molecular complexity index is 138. The van der Waals surface area contributed by atoms with Crippen molar-refractivity contribution in [2.45, 2.75) is 65.2 Å². The lowest BCUT2D eigenvalue weighted by atomic mass is 9.94. The molecular formula is C14H29N. The maximum Gasteiger partial charge on any atom is -0.00161 e. The molecule has 0 amide bonds. The van der Waals surface area contributed by atoms with Crippen LogP contribution in [0.25, 0.3) is 0 Å². The first-order chi connectivity index (χ1) is 7.36. The second-order valence-corrected chi connectivity index (χ2v) is 5.13. The summed E-state index contributed by atoms with van der Waals surface area (Å²) in [5.74, 6) is 1.01. The zero-order chi connectivity index (χ0) is 10.9. The molecule has 1 aliphatic rings. The molecule has 1 rings (SSSR count). The van der Waals surface area contributed by atoms with Crippen LogP contribution in [0.1, 0.15) is 65.2 Å². The van der Waals surface area contributed by atoms with E-state index in [1.54, 1.807) is 0 Å². The Morgan fingerprint density at radius 1 is 0.933 bits per heavy atom. The third-order valence-electron chi connectivity index (χ3n) is 3.72. The minimum absolute atomic E-state index is 1.01. The largest absolute Gasteiger partial charge is 0.303 e. The first-order valence-electron chi connectivity index (χ1n) is 7.09. The van der Waals surface area contributed by atoms with Gasteiger partial charge in [0.05, 0.1) is 0 Å². The van der Waals surface area contributed by atoms with Gasteiger partial charge in [0, 0.05) is 0 Å². The molecule has 0 aromatic carbocycles. The highest BCUT2D eigenvalue weighted by Gasteiger charge is 2.13. The summed E-state index contributed by atoms with van der Waals surface area (Å²) >= 11 is 0.